The molecule has 1 saturated heterocycles. The molecular weight excluding hydrogens is 674 g/mol. The number of imide groups is 2. The zero-order chi connectivity index (χ0) is 36.5. The predicted octanol–water partition coefficient (Wildman–Crippen LogP) is 2.25. The maximum absolute atomic E-state index is 13.1. The molecule has 2 aromatic carbocycles. The monoisotopic (exact) mass is 707 g/mol. The Balaban J connectivity index is 0.962. The summed E-state index contributed by atoms with van der Waals surface area (Å²) in [6.45, 7) is 0.788. The van der Waals surface area contributed by atoms with Gasteiger partial charge in [0, 0.05) is 37.6 Å². The van der Waals surface area contributed by atoms with Gasteiger partial charge in [0.25, 0.3) is 17.4 Å². The summed E-state index contributed by atoms with van der Waals surface area (Å²) >= 11 is 0. The molecule has 0 aliphatic carbocycles. The third-order valence-corrected chi connectivity index (χ3v) is 8.97. The van der Waals surface area contributed by atoms with Crippen molar-refractivity contribution in [3.05, 3.63) is 93.9 Å². The average Bonchev–Trinajstić information content (AvgIpc) is 3.70. The molecular formula is C36H33N7O9. The molecule has 0 radical (unpaired) electrons. The van der Waals surface area contributed by atoms with Crippen molar-refractivity contribution in [3.8, 4) is 28.4 Å². The van der Waals surface area contributed by atoms with Crippen LogP contribution in [0.15, 0.2) is 66.0 Å². The number of piperidine rings is 1. The Kier molecular flexibility index (Phi) is 9.21. The Morgan fingerprint density at radius 1 is 0.885 bits per heavy atom. The predicted molar refractivity (Wildman–Crippen MR) is 183 cm³/mol. The number of benzene rings is 2. The molecule has 5 aromatic rings. The van der Waals surface area contributed by atoms with Crippen LogP contribution in [-0.2, 0) is 34.5 Å². The van der Waals surface area contributed by atoms with E-state index in [1.54, 1.807) is 56.8 Å². The minimum absolute atomic E-state index is 0.0446. The lowest BCUT2D eigenvalue weighted by molar-refractivity contribution is -0.136. The number of hydrogen-bond donors (Lipinski definition) is 1. The number of amides is 4. The summed E-state index contributed by atoms with van der Waals surface area (Å²) in [7, 11) is 4.84. The number of pyridine rings is 2. The van der Waals surface area contributed by atoms with Crippen molar-refractivity contribution in [2.45, 2.75) is 32.0 Å². The molecule has 1 unspecified atom stereocenters. The third-order valence-electron chi connectivity index (χ3n) is 8.97. The molecule has 0 bridgehead atoms. The summed E-state index contributed by atoms with van der Waals surface area (Å²) in [5, 5.41) is 11.9. The van der Waals surface area contributed by atoms with E-state index in [2.05, 4.69) is 20.6 Å². The van der Waals surface area contributed by atoms with Crippen molar-refractivity contribution in [1.82, 2.24) is 34.8 Å². The van der Waals surface area contributed by atoms with Gasteiger partial charge in [-0.05, 0) is 53.8 Å². The molecule has 7 rings (SSSR count). The molecule has 16 heteroatoms. The van der Waals surface area contributed by atoms with E-state index in [-0.39, 0.29) is 49.3 Å². The smallest absolute Gasteiger partial charge is 0.262 e. The minimum atomic E-state index is -1.04. The largest absolute Gasteiger partial charge is 0.496 e. The highest BCUT2D eigenvalue weighted by atomic mass is 16.5. The van der Waals surface area contributed by atoms with E-state index < -0.39 is 29.7 Å². The number of fused-ring (bicyclic) bond motifs is 2. The number of aryl methyl sites for hydroxylation is 1. The normalized spacial score (nSPS) is 15.6. The highest BCUT2D eigenvalue weighted by Crippen LogP contribution is 2.37. The van der Waals surface area contributed by atoms with Gasteiger partial charge in [0.15, 0.2) is 0 Å². The van der Waals surface area contributed by atoms with Gasteiger partial charge in [0.2, 0.25) is 11.8 Å². The number of ether oxygens (including phenoxy) is 4. The first-order chi connectivity index (χ1) is 25.2. The van der Waals surface area contributed by atoms with Crippen molar-refractivity contribution in [2.24, 2.45) is 7.05 Å². The molecule has 52 heavy (non-hydrogen) atoms. The van der Waals surface area contributed by atoms with E-state index in [0.29, 0.717) is 34.9 Å². The fraction of sp³-hybridized carbons (Fsp3) is 0.278. The van der Waals surface area contributed by atoms with E-state index in [9.17, 15) is 24.0 Å². The third kappa shape index (κ3) is 6.35. The van der Waals surface area contributed by atoms with E-state index in [1.165, 1.54) is 16.7 Å². The Morgan fingerprint density at radius 2 is 1.65 bits per heavy atom. The number of carbonyl (C=O) groups excluding carboxylic acids is 4. The molecule has 16 nitrogen and oxygen atoms in total. The van der Waals surface area contributed by atoms with Crippen LogP contribution in [0.4, 0.5) is 0 Å². The van der Waals surface area contributed by atoms with E-state index in [1.807, 2.05) is 18.2 Å². The Labute approximate surface area is 295 Å². The van der Waals surface area contributed by atoms with Crippen molar-refractivity contribution in [2.75, 3.05) is 27.4 Å². The van der Waals surface area contributed by atoms with Gasteiger partial charge in [-0.15, -0.1) is 5.10 Å². The maximum atomic E-state index is 13.1. The summed E-state index contributed by atoms with van der Waals surface area (Å²) in [4.78, 5) is 67.5. The number of methoxy groups -OCH3 is 2. The average molecular weight is 708 g/mol. The van der Waals surface area contributed by atoms with Gasteiger partial charge < -0.3 is 23.5 Å². The van der Waals surface area contributed by atoms with Gasteiger partial charge in [0.05, 0.1) is 62.3 Å². The zero-order valence-corrected chi connectivity index (χ0v) is 28.5. The lowest BCUT2D eigenvalue weighted by Gasteiger charge is -2.27. The van der Waals surface area contributed by atoms with Crippen LogP contribution in [0.25, 0.3) is 21.9 Å². The Hall–Kier alpha value is -6.42. The lowest BCUT2D eigenvalue weighted by Crippen LogP contribution is -2.54. The second-order valence-corrected chi connectivity index (χ2v) is 12.2. The molecule has 1 fully saturated rings. The molecule has 3 aromatic heterocycles. The van der Waals surface area contributed by atoms with Gasteiger partial charge in [-0.1, -0.05) is 5.21 Å². The van der Waals surface area contributed by atoms with Crippen LogP contribution in [0.3, 0.4) is 0 Å². The Bertz CT molecular complexity index is 2290. The molecule has 0 spiro atoms. The minimum Gasteiger partial charge on any atom is -0.496 e. The van der Waals surface area contributed by atoms with Crippen molar-refractivity contribution in [3.63, 3.8) is 0 Å². The number of nitrogens with zero attached hydrogens (tertiary/aromatic N) is 6. The standard InChI is InChI=1S/C36H33N7O9/c1-41-17-27(23-8-9-37-15-26(23)34(41)46)20-12-30(49-2)28(31(13-20)50-3)18-42-16-21(39-40-42)19-51-10-11-52-22-4-5-24-25(14-22)36(48)43(35(24)47)29-6-7-32(44)38-33(29)45/h4-5,8-9,12-17,29H,6-7,10-11,18-19H2,1-3H3,(H,38,44,45). The van der Waals surface area contributed by atoms with Gasteiger partial charge in [-0.25, -0.2) is 4.68 Å². The summed E-state index contributed by atoms with van der Waals surface area (Å²) in [6.07, 6.45) is 6.86. The highest BCUT2D eigenvalue weighted by Gasteiger charge is 2.44. The molecule has 2 aliphatic rings. The van der Waals surface area contributed by atoms with Crippen molar-refractivity contribution >= 4 is 34.4 Å². The first-order valence-corrected chi connectivity index (χ1v) is 16.3. The Morgan fingerprint density at radius 3 is 2.40 bits per heavy atom. The van der Waals surface area contributed by atoms with Crippen LogP contribution in [0.2, 0.25) is 0 Å². The highest BCUT2D eigenvalue weighted by molar-refractivity contribution is 6.23. The van der Waals surface area contributed by atoms with E-state index >= 15 is 0 Å². The second-order valence-electron chi connectivity index (χ2n) is 12.2. The quantitative estimate of drug-likeness (QED) is 0.148. The topological polar surface area (TPSA) is 186 Å². The SMILES string of the molecule is COc1cc(-c2cn(C)c(=O)c3cnccc23)cc(OC)c1Cn1cc(COCCOc2ccc3c(c2)C(=O)N(C2CCC(=O)NC2=O)C3=O)nn1. The fourth-order valence-electron chi connectivity index (χ4n) is 6.42. The molecule has 4 amide bonds. The number of carbonyl (C=O) groups is 4. The first-order valence-electron chi connectivity index (χ1n) is 16.3. The van der Waals surface area contributed by atoms with E-state index in [0.717, 1.165) is 27.0 Å². The molecule has 266 valence electrons. The number of rotatable bonds is 12. The lowest BCUT2D eigenvalue weighted by atomic mass is 9.99. The van der Waals surface area contributed by atoms with Gasteiger partial charge in [0.1, 0.15) is 35.6 Å². The van der Waals surface area contributed by atoms with Crippen molar-refractivity contribution in [1.29, 1.82) is 0 Å². The molecule has 5 heterocycles. The second kappa shape index (κ2) is 14.1. The first kappa shape index (κ1) is 34.0. The zero-order valence-electron chi connectivity index (χ0n) is 28.5. The molecule has 1 N–H and O–H groups in total. The van der Waals surface area contributed by atoms with Crippen LogP contribution >= 0.6 is 0 Å². The molecule has 0 saturated carbocycles. The summed E-state index contributed by atoms with van der Waals surface area (Å²) in [6, 6.07) is 9.07. The summed E-state index contributed by atoms with van der Waals surface area (Å²) in [5.41, 5.74) is 3.10. The van der Waals surface area contributed by atoms with Gasteiger partial charge in [-0.3, -0.25) is 39.2 Å². The summed E-state index contributed by atoms with van der Waals surface area (Å²) in [5.74, 6) is -0.805. The fourth-order valence-corrected chi connectivity index (χ4v) is 6.42. The molecule has 1 atom stereocenters. The molecule has 2 aliphatic heterocycles. The number of aromatic nitrogens is 5. The van der Waals surface area contributed by atoms with Crippen LogP contribution in [0, 0.1) is 0 Å². The van der Waals surface area contributed by atoms with Gasteiger partial charge in [-0.2, -0.15) is 0 Å². The van der Waals surface area contributed by atoms with Crippen LogP contribution in [0.5, 0.6) is 17.2 Å². The van der Waals surface area contributed by atoms with E-state index in [4.69, 9.17) is 18.9 Å². The van der Waals surface area contributed by atoms with Crippen molar-refractivity contribution < 1.29 is 38.1 Å². The van der Waals surface area contributed by atoms with Crippen LogP contribution in [0.1, 0.15) is 44.8 Å². The number of hydrogen-bond acceptors (Lipinski definition) is 12. The van der Waals surface area contributed by atoms with Crippen LogP contribution < -0.4 is 25.1 Å². The maximum Gasteiger partial charge on any atom is 0.262 e. The van der Waals surface area contributed by atoms with Gasteiger partial charge >= 0.3 is 0 Å². The summed E-state index contributed by atoms with van der Waals surface area (Å²) < 4.78 is 26.2. The van der Waals surface area contributed by atoms with Crippen LogP contribution in [-0.4, -0.2) is 86.5 Å². The number of nitrogens with one attached hydrogen (secondary N) is 1.